The Hall–Kier alpha value is -2.36. The summed E-state index contributed by atoms with van der Waals surface area (Å²) in [7, 11) is 1.63. The Balaban J connectivity index is 2.00. The monoisotopic (exact) mass is 230 g/mol. The first-order valence-corrected chi connectivity index (χ1v) is 5.23. The number of phenolic OH excluding ortho intramolecular Hbond substituents is 1. The maximum absolute atomic E-state index is 9.55. The number of benzene rings is 2. The van der Waals surface area contributed by atoms with Crippen LogP contribution in [0.2, 0.25) is 0 Å². The van der Waals surface area contributed by atoms with Gasteiger partial charge in [0.25, 0.3) is 0 Å². The minimum atomic E-state index is 0.202. The Bertz CT molecular complexity index is 483. The van der Waals surface area contributed by atoms with Crippen LogP contribution < -0.4 is 15.6 Å². The van der Waals surface area contributed by atoms with Crippen molar-refractivity contribution in [3.63, 3.8) is 0 Å². The molecule has 0 aliphatic carbocycles. The molecule has 17 heavy (non-hydrogen) atoms. The van der Waals surface area contributed by atoms with Crippen LogP contribution in [0.15, 0.2) is 48.5 Å². The fraction of sp³-hybridized carbons (Fsp3) is 0.0769. The quantitative estimate of drug-likeness (QED) is 0.558. The standard InChI is InChI=1S/C13H14N2O2/c1-17-11-8-6-10(7-9-11)14-15-12-4-2-3-5-13(12)16/h2-9,14-16H,1H3. The molecule has 2 aromatic rings. The van der Waals surface area contributed by atoms with Crippen molar-refractivity contribution in [2.75, 3.05) is 18.0 Å². The summed E-state index contributed by atoms with van der Waals surface area (Å²) in [4.78, 5) is 0. The second kappa shape index (κ2) is 5.12. The summed E-state index contributed by atoms with van der Waals surface area (Å²) >= 11 is 0. The third-order valence-corrected chi connectivity index (χ3v) is 2.34. The average Bonchev–Trinajstić information content (AvgIpc) is 2.38. The maximum Gasteiger partial charge on any atom is 0.140 e. The molecule has 0 saturated heterocycles. The molecule has 0 aromatic heterocycles. The van der Waals surface area contributed by atoms with Gasteiger partial charge >= 0.3 is 0 Å². The SMILES string of the molecule is COc1ccc(NNc2ccccc2O)cc1. The number of hydrogen-bond acceptors (Lipinski definition) is 4. The zero-order chi connectivity index (χ0) is 12.1. The van der Waals surface area contributed by atoms with Crippen LogP contribution in [0.1, 0.15) is 0 Å². The number of hydrogen-bond donors (Lipinski definition) is 3. The largest absolute Gasteiger partial charge is 0.506 e. The van der Waals surface area contributed by atoms with Gasteiger partial charge in [-0.15, -0.1) is 0 Å². The highest BCUT2D eigenvalue weighted by Crippen LogP contribution is 2.22. The Morgan fingerprint density at radius 3 is 2.29 bits per heavy atom. The molecular formula is C13H14N2O2. The van der Waals surface area contributed by atoms with Crippen LogP contribution in [0.5, 0.6) is 11.5 Å². The van der Waals surface area contributed by atoms with E-state index in [-0.39, 0.29) is 5.75 Å². The second-order valence-electron chi connectivity index (χ2n) is 3.50. The average molecular weight is 230 g/mol. The number of aromatic hydroxyl groups is 1. The van der Waals surface area contributed by atoms with Crippen LogP contribution in [0.4, 0.5) is 11.4 Å². The summed E-state index contributed by atoms with van der Waals surface area (Å²) < 4.78 is 5.06. The number of nitrogens with one attached hydrogen (secondary N) is 2. The molecule has 88 valence electrons. The first-order valence-electron chi connectivity index (χ1n) is 5.23. The molecule has 0 spiro atoms. The van der Waals surface area contributed by atoms with Crippen LogP contribution >= 0.6 is 0 Å². The summed E-state index contributed by atoms with van der Waals surface area (Å²) in [5.74, 6) is 1.01. The van der Waals surface area contributed by atoms with E-state index >= 15 is 0 Å². The van der Waals surface area contributed by atoms with Gasteiger partial charge in [0.05, 0.1) is 18.5 Å². The summed E-state index contributed by atoms with van der Waals surface area (Å²) in [5.41, 5.74) is 7.42. The Labute approximate surface area is 99.8 Å². The molecule has 0 bridgehead atoms. The zero-order valence-electron chi connectivity index (χ0n) is 9.47. The van der Waals surface area contributed by atoms with Crippen LogP contribution in [0.25, 0.3) is 0 Å². The van der Waals surface area contributed by atoms with Crippen molar-refractivity contribution in [1.82, 2.24) is 0 Å². The lowest BCUT2D eigenvalue weighted by atomic mass is 10.3. The molecule has 0 heterocycles. The first kappa shape index (κ1) is 11.1. The van der Waals surface area contributed by atoms with Crippen molar-refractivity contribution in [3.8, 4) is 11.5 Å². The number of para-hydroxylation sites is 2. The molecule has 0 saturated carbocycles. The molecule has 0 amide bonds. The fourth-order valence-electron chi connectivity index (χ4n) is 1.39. The van der Waals surface area contributed by atoms with Crippen molar-refractivity contribution >= 4 is 11.4 Å². The maximum atomic E-state index is 9.55. The van der Waals surface area contributed by atoms with Crippen molar-refractivity contribution in [2.24, 2.45) is 0 Å². The van der Waals surface area contributed by atoms with E-state index < -0.39 is 0 Å². The zero-order valence-corrected chi connectivity index (χ0v) is 9.47. The topological polar surface area (TPSA) is 53.5 Å². The second-order valence-corrected chi connectivity index (χ2v) is 3.50. The molecule has 4 nitrogen and oxygen atoms in total. The molecule has 0 unspecified atom stereocenters. The van der Waals surface area contributed by atoms with Gasteiger partial charge in [0, 0.05) is 0 Å². The number of rotatable bonds is 4. The highest BCUT2D eigenvalue weighted by Gasteiger charge is 1.98. The molecule has 0 atom stereocenters. The van der Waals surface area contributed by atoms with Gasteiger partial charge in [-0.3, -0.25) is 5.43 Å². The van der Waals surface area contributed by atoms with Crippen molar-refractivity contribution in [2.45, 2.75) is 0 Å². The molecule has 0 radical (unpaired) electrons. The van der Waals surface area contributed by atoms with Crippen molar-refractivity contribution < 1.29 is 9.84 Å². The van der Waals surface area contributed by atoms with E-state index in [1.165, 1.54) is 0 Å². The normalized spacial score (nSPS) is 9.71. The molecule has 4 heteroatoms. The van der Waals surface area contributed by atoms with E-state index in [4.69, 9.17) is 4.74 Å². The minimum Gasteiger partial charge on any atom is -0.506 e. The minimum absolute atomic E-state index is 0.202. The van der Waals surface area contributed by atoms with E-state index in [2.05, 4.69) is 10.9 Å². The van der Waals surface area contributed by atoms with Crippen LogP contribution in [0, 0.1) is 0 Å². The number of phenols is 1. The highest BCUT2D eigenvalue weighted by atomic mass is 16.5. The third kappa shape index (κ3) is 2.81. The van der Waals surface area contributed by atoms with Gasteiger partial charge in [0.2, 0.25) is 0 Å². The van der Waals surface area contributed by atoms with Crippen LogP contribution in [-0.4, -0.2) is 12.2 Å². The molecule has 3 N–H and O–H groups in total. The number of methoxy groups -OCH3 is 1. The van der Waals surface area contributed by atoms with Gasteiger partial charge in [-0.05, 0) is 36.4 Å². The molecule has 0 aliphatic rings. The van der Waals surface area contributed by atoms with Gasteiger partial charge in [-0.25, -0.2) is 0 Å². The van der Waals surface area contributed by atoms with Gasteiger partial charge in [0.15, 0.2) is 0 Å². The summed E-state index contributed by atoms with van der Waals surface area (Å²) in [5, 5.41) is 9.55. The summed E-state index contributed by atoms with van der Waals surface area (Å²) in [6, 6.07) is 14.5. The van der Waals surface area contributed by atoms with Crippen LogP contribution in [0.3, 0.4) is 0 Å². The van der Waals surface area contributed by atoms with Gasteiger partial charge < -0.3 is 15.3 Å². The highest BCUT2D eigenvalue weighted by molar-refractivity contribution is 5.59. The van der Waals surface area contributed by atoms with Crippen molar-refractivity contribution in [1.29, 1.82) is 0 Å². The van der Waals surface area contributed by atoms with E-state index in [0.717, 1.165) is 11.4 Å². The Kier molecular flexibility index (Phi) is 3.35. The van der Waals surface area contributed by atoms with Gasteiger partial charge in [-0.1, -0.05) is 12.1 Å². The number of ether oxygens (including phenoxy) is 1. The van der Waals surface area contributed by atoms with Crippen LogP contribution in [-0.2, 0) is 0 Å². The number of anilines is 2. The molecule has 0 aliphatic heterocycles. The predicted octanol–water partition coefficient (Wildman–Crippen LogP) is 2.84. The predicted molar refractivity (Wildman–Crippen MR) is 68.3 cm³/mol. The first-order chi connectivity index (χ1) is 8.29. The van der Waals surface area contributed by atoms with E-state index in [1.54, 1.807) is 25.3 Å². The summed E-state index contributed by atoms with van der Waals surface area (Å²) in [6.45, 7) is 0. The molecule has 2 rings (SSSR count). The lowest BCUT2D eigenvalue weighted by Crippen LogP contribution is -2.08. The fourth-order valence-corrected chi connectivity index (χ4v) is 1.39. The lowest BCUT2D eigenvalue weighted by Gasteiger charge is -2.11. The molecule has 0 fully saturated rings. The number of hydrazine groups is 1. The van der Waals surface area contributed by atoms with Gasteiger partial charge in [0.1, 0.15) is 11.5 Å². The van der Waals surface area contributed by atoms with E-state index in [1.807, 2.05) is 30.3 Å². The van der Waals surface area contributed by atoms with E-state index in [9.17, 15) is 5.11 Å². The smallest absolute Gasteiger partial charge is 0.140 e. The molecule has 2 aromatic carbocycles. The van der Waals surface area contributed by atoms with Crippen molar-refractivity contribution in [3.05, 3.63) is 48.5 Å². The summed E-state index contributed by atoms with van der Waals surface area (Å²) in [6.07, 6.45) is 0. The Morgan fingerprint density at radius 2 is 1.65 bits per heavy atom. The lowest BCUT2D eigenvalue weighted by molar-refractivity contribution is 0.415. The molecular weight excluding hydrogens is 216 g/mol. The van der Waals surface area contributed by atoms with E-state index in [0.29, 0.717) is 5.69 Å². The Morgan fingerprint density at radius 1 is 0.941 bits per heavy atom. The third-order valence-electron chi connectivity index (χ3n) is 2.34. The van der Waals surface area contributed by atoms with Gasteiger partial charge in [-0.2, -0.15) is 0 Å².